The SMILES string of the molecule is CC(C)c1cc(C(=O)N2C[C@@H]3CN[C@@H](C3)C2)on1. The highest BCUT2D eigenvalue weighted by Gasteiger charge is 2.35. The van der Waals surface area contributed by atoms with E-state index in [2.05, 4.69) is 10.5 Å². The van der Waals surface area contributed by atoms with Crippen molar-refractivity contribution in [3.63, 3.8) is 0 Å². The van der Waals surface area contributed by atoms with Gasteiger partial charge in [0.15, 0.2) is 0 Å². The van der Waals surface area contributed by atoms with Crippen LogP contribution in [0.15, 0.2) is 10.6 Å². The Balaban J connectivity index is 1.73. The number of fused-ring (bicyclic) bond motifs is 2. The third-order valence-electron chi connectivity index (χ3n) is 3.85. The molecular weight excluding hydrogens is 230 g/mol. The minimum Gasteiger partial charge on any atom is -0.351 e. The van der Waals surface area contributed by atoms with E-state index in [0.717, 1.165) is 25.3 Å². The average Bonchev–Trinajstić information content (AvgIpc) is 2.95. The molecule has 0 saturated carbocycles. The van der Waals surface area contributed by atoms with E-state index in [-0.39, 0.29) is 11.8 Å². The summed E-state index contributed by atoms with van der Waals surface area (Å²) in [6.07, 6.45) is 1.19. The van der Waals surface area contributed by atoms with Crippen LogP contribution >= 0.6 is 0 Å². The number of hydrogen-bond acceptors (Lipinski definition) is 4. The quantitative estimate of drug-likeness (QED) is 0.856. The lowest BCUT2D eigenvalue weighted by Gasteiger charge is -2.30. The Kier molecular flexibility index (Phi) is 2.86. The molecule has 0 spiro atoms. The van der Waals surface area contributed by atoms with E-state index in [1.807, 2.05) is 18.7 Å². The Labute approximate surface area is 107 Å². The minimum atomic E-state index is -0.0206. The summed E-state index contributed by atoms with van der Waals surface area (Å²) in [5.74, 6) is 1.24. The second-order valence-electron chi connectivity index (χ2n) is 5.69. The summed E-state index contributed by atoms with van der Waals surface area (Å²) in [7, 11) is 0. The van der Waals surface area contributed by atoms with E-state index in [4.69, 9.17) is 4.52 Å². The summed E-state index contributed by atoms with van der Waals surface area (Å²) >= 11 is 0. The monoisotopic (exact) mass is 249 g/mol. The fourth-order valence-corrected chi connectivity index (χ4v) is 2.82. The molecule has 1 amide bonds. The first-order chi connectivity index (χ1) is 8.63. The second kappa shape index (κ2) is 4.39. The normalized spacial score (nSPS) is 26.9. The standard InChI is InChI=1S/C13H19N3O2/c1-8(2)11-4-12(18-15-11)13(17)16-6-9-3-10(7-16)14-5-9/h4,8-10,14H,3,5-7H2,1-2H3/t9-,10-/m0/s1. The van der Waals surface area contributed by atoms with Gasteiger partial charge < -0.3 is 14.7 Å². The Morgan fingerprint density at radius 1 is 1.56 bits per heavy atom. The summed E-state index contributed by atoms with van der Waals surface area (Å²) < 4.78 is 5.17. The van der Waals surface area contributed by atoms with Gasteiger partial charge in [-0.05, 0) is 18.3 Å². The van der Waals surface area contributed by atoms with Crippen LogP contribution in [0.3, 0.4) is 0 Å². The van der Waals surface area contributed by atoms with E-state index < -0.39 is 0 Å². The third-order valence-corrected chi connectivity index (χ3v) is 3.85. The molecule has 5 nitrogen and oxygen atoms in total. The second-order valence-corrected chi connectivity index (χ2v) is 5.69. The van der Waals surface area contributed by atoms with Crippen LogP contribution in [0, 0.1) is 5.92 Å². The van der Waals surface area contributed by atoms with Crippen molar-refractivity contribution in [2.75, 3.05) is 19.6 Å². The molecule has 1 aromatic rings. The highest BCUT2D eigenvalue weighted by Crippen LogP contribution is 2.24. The lowest BCUT2D eigenvalue weighted by Crippen LogP contribution is -2.44. The van der Waals surface area contributed by atoms with Crippen LogP contribution in [0.25, 0.3) is 0 Å². The molecule has 2 aliphatic heterocycles. The lowest BCUT2D eigenvalue weighted by atomic mass is 10.00. The van der Waals surface area contributed by atoms with E-state index in [1.54, 1.807) is 6.07 Å². The number of likely N-dealkylation sites (tertiary alicyclic amines) is 1. The van der Waals surface area contributed by atoms with Gasteiger partial charge in [-0.3, -0.25) is 4.79 Å². The Morgan fingerprint density at radius 2 is 2.39 bits per heavy atom. The number of amides is 1. The molecule has 0 aliphatic carbocycles. The highest BCUT2D eigenvalue weighted by molar-refractivity contribution is 5.91. The molecule has 2 aliphatic rings. The molecule has 1 aromatic heterocycles. The van der Waals surface area contributed by atoms with Crippen LogP contribution < -0.4 is 5.32 Å². The Hall–Kier alpha value is -1.36. The number of piperidine rings is 1. The maximum Gasteiger partial charge on any atom is 0.292 e. The van der Waals surface area contributed by atoms with Crippen LogP contribution in [-0.2, 0) is 0 Å². The fraction of sp³-hybridized carbons (Fsp3) is 0.692. The van der Waals surface area contributed by atoms with Crippen LogP contribution in [0.4, 0.5) is 0 Å². The summed E-state index contributed by atoms with van der Waals surface area (Å²) in [6, 6.07) is 2.23. The molecule has 0 aromatic carbocycles. The number of carbonyl (C=O) groups excluding carboxylic acids is 1. The first kappa shape index (κ1) is 11.7. The van der Waals surface area contributed by atoms with Gasteiger partial charge in [-0.1, -0.05) is 19.0 Å². The van der Waals surface area contributed by atoms with Gasteiger partial charge >= 0.3 is 0 Å². The van der Waals surface area contributed by atoms with E-state index in [9.17, 15) is 4.79 Å². The predicted octanol–water partition coefficient (Wildman–Crippen LogP) is 1.23. The van der Waals surface area contributed by atoms with Crippen LogP contribution in [0.2, 0.25) is 0 Å². The van der Waals surface area contributed by atoms with Gasteiger partial charge in [-0.15, -0.1) is 0 Å². The first-order valence-corrected chi connectivity index (χ1v) is 6.62. The lowest BCUT2D eigenvalue weighted by molar-refractivity contribution is 0.0649. The molecular formula is C13H19N3O2. The molecule has 1 N–H and O–H groups in total. The van der Waals surface area contributed by atoms with Gasteiger partial charge in [0, 0.05) is 31.7 Å². The van der Waals surface area contributed by atoms with Crippen molar-refractivity contribution < 1.29 is 9.32 Å². The molecule has 18 heavy (non-hydrogen) atoms. The summed E-state index contributed by atoms with van der Waals surface area (Å²) in [4.78, 5) is 14.2. The number of carbonyl (C=O) groups is 1. The molecule has 3 heterocycles. The van der Waals surface area contributed by atoms with Crippen LogP contribution in [0.5, 0.6) is 0 Å². The van der Waals surface area contributed by atoms with Crippen molar-refractivity contribution in [1.82, 2.24) is 15.4 Å². The van der Waals surface area contributed by atoms with Crippen molar-refractivity contribution in [1.29, 1.82) is 0 Å². The maximum absolute atomic E-state index is 12.3. The Bertz CT molecular complexity index is 443. The zero-order valence-electron chi connectivity index (χ0n) is 10.8. The van der Waals surface area contributed by atoms with Crippen LogP contribution in [-0.4, -0.2) is 41.6 Å². The smallest absolute Gasteiger partial charge is 0.292 e. The largest absolute Gasteiger partial charge is 0.351 e. The van der Waals surface area contributed by atoms with Crippen molar-refractivity contribution >= 4 is 5.91 Å². The third kappa shape index (κ3) is 2.03. The first-order valence-electron chi connectivity index (χ1n) is 6.62. The van der Waals surface area contributed by atoms with E-state index in [0.29, 0.717) is 17.7 Å². The predicted molar refractivity (Wildman–Crippen MR) is 66.4 cm³/mol. The Morgan fingerprint density at radius 3 is 3.06 bits per heavy atom. The molecule has 2 bridgehead atoms. The van der Waals surface area contributed by atoms with E-state index in [1.165, 1.54) is 6.42 Å². The van der Waals surface area contributed by atoms with Crippen molar-refractivity contribution in [3.05, 3.63) is 17.5 Å². The van der Waals surface area contributed by atoms with Crippen molar-refractivity contribution in [3.8, 4) is 0 Å². The van der Waals surface area contributed by atoms with Crippen molar-refractivity contribution in [2.45, 2.75) is 32.2 Å². The summed E-state index contributed by atoms with van der Waals surface area (Å²) in [5, 5.41) is 7.39. The zero-order chi connectivity index (χ0) is 12.7. The van der Waals surface area contributed by atoms with Gasteiger partial charge in [0.05, 0.1) is 5.69 Å². The topological polar surface area (TPSA) is 58.4 Å². The van der Waals surface area contributed by atoms with Gasteiger partial charge in [-0.25, -0.2) is 0 Å². The molecule has 5 heteroatoms. The summed E-state index contributed by atoms with van der Waals surface area (Å²) in [5.41, 5.74) is 0.844. The van der Waals surface area contributed by atoms with Gasteiger partial charge in [0.25, 0.3) is 5.91 Å². The van der Waals surface area contributed by atoms with Gasteiger partial charge in [0.2, 0.25) is 5.76 Å². The highest BCUT2D eigenvalue weighted by atomic mass is 16.5. The fourth-order valence-electron chi connectivity index (χ4n) is 2.82. The molecule has 3 rings (SSSR count). The number of rotatable bonds is 2. The van der Waals surface area contributed by atoms with E-state index >= 15 is 0 Å². The molecule has 2 fully saturated rings. The van der Waals surface area contributed by atoms with Crippen molar-refractivity contribution in [2.24, 2.45) is 5.92 Å². The van der Waals surface area contributed by atoms with Gasteiger partial charge in [-0.2, -0.15) is 0 Å². The number of nitrogens with zero attached hydrogens (tertiary/aromatic N) is 2. The number of nitrogens with one attached hydrogen (secondary N) is 1. The minimum absolute atomic E-state index is 0.0206. The summed E-state index contributed by atoms with van der Waals surface area (Å²) in [6.45, 7) is 6.73. The van der Waals surface area contributed by atoms with Gasteiger partial charge in [0.1, 0.15) is 0 Å². The molecule has 0 radical (unpaired) electrons. The molecule has 2 atom stereocenters. The number of aromatic nitrogens is 1. The molecule has 0 unspecified atom stereocenters. The van der Waals surface area contributed by atoms with Crippen LogP contribution in [0.1, 0.15) is 42.4 Å². The zero-order valence-corrected chi connectivity index (χ0v) is 10.8. The average molecular weight is 249 g/mol. The molecule has 2 saturated heterocycles. The molecule has 98 valence electrons. The number of hydrogen-bond donors (Lipinski definition) is 1. The maximum atomic E-state index is 12.3.